The second-order valence-corrected chi connectivity index (χ2v) is 6.98. The zero-order valence-corrected chi connectivity index (χ0v) is 12.0. The van der Waals surface area contributed by atoms with Gasteiger partial charge >= 0.3 is 5.97 Å². The van der Waals surface area contributed by atoms with Crippen LogP contribution in [0.15, 0.2) is 23.1 Å². The Kier molecular flexibility index (Phi) is 4.06. The minimum absolute atomic E-state index is 0.0850. The maximum Gasteiger partial charge on any atom is 0.322 e. The van der Waals surface area contributed by atoms with Crippen molar-refractivity contribution in [2.75, 3.05) is 6.54 Å². The molecule has 8 heteroatoms. The van der Waals surface area contributed by atoms with E-state index in [4.69, 9.17) is 28.3 Å². The van der Waals surface area contributed by atoms with Gasteiger partial charge < -0.3 is 5.11 Å². The van der Waals surface area contributed by atoms with Crippen LogP contribution >= 0.6 is 23.2 Å². The summed E-state index contributed by atoms with van der Waals surface area (Å²) in [6.45, 7) is 0.184. The van der Waals surface area contributed by atoms with Gasteiger partial charge in [-0.2, -0.15) is 4.31 Å². The van der Waals surface area contributed by atoms with E-state index in [0.29, 0.717) is 12.8 Å². The summed E-state index contributed by atoms with van der Waals surface area (Å²) in [6, 6.07) is 2.92. The van der Waals surface area contributed by atoms with E-state index in [1.54, 1.807) is 0 Å². The predicted molar refractivity (Wildman–Crippen MR) is 71.0 cm³/mol. The van der Waals surface area contributed by atoms with Crippen LogP contribution in [0.5, 0.6) is 0 Å². The molecule has 0 spiro atoms. The summed E-state index contributed by atoms with van der Waals surface area (Å²) < 4.78 is 25.8. The van der Waals surface area contributed by atoms with Crippen LogP contribution in [0.2, 0.25) is 10.0 Å². The second-order valence-electron chi connectivity index (χ2n) is 4.22. The molecule has 5 nitrogen and oxygen atoms in total. The standard InChI is InChI=1S/C11H11Cl2NO4S/c12-7-4-8(13)6-9(5-7)19(17,18)14-3-1-2-10(14)11(15)16/h4-6,10H,1-3H2,(H,15,16). The van der Waals surface area contributed by atoms with Crippen molar-refractivity contribution < 1.29 is 18.3 Å². The number of hydrogen-bond donors (Lipinski definition) is 1. The van der Waals surface area contributed by atoms with Crippen molar-refractivity contribution in [2.24, 2.45) is 0 Å². The summed E-state index contributed by atoms with van der Waals surface area (Å²) in [5.74, 6) is -1.14. The molecule has 1 unspecified atom stereocenters. The first kappa shape index (κ1) is 14.6. The van der Waals surface area contributed by atoms with Gasteiger partial charge in [0.1, 0.15) is 6.04 Å². The van der Waals surface area contributed by atoms with Gasteiger partial charge in [-0.25, -0.2) is 8.42 Å². The summed E-state index contributed by atoms with van der Waals surface area (Å²) in [4.78, 5) is 11.0. The van der Waals surface area contributed by atoms with Gasteiger partial charge in [0, 0.05) is 16.6 Å². The van der Waals surface area contributed by atoms with Crippen molar-refractivity contribution in [3.05, 3.63) is 28.2 Å². The molecule has 2 rings (SSSR count). The molecule has 104 valence electrons. The Labute approximate surface area is 120 Å². The summed E-state index contributed by atoms with van der Waals surface area (Å²) in [7, 11) is -3.89. The third-order valence-electron chi connectivity index (χ3n) is 2.93. The van der Waals surface area contributed by atoms with Gasteiger partial charge in [0.05, 0.1) is 4.90 Å². The Hall–Kier alpha value is -0.820. The van der Waals surface area contributed by atoms with Crippen LogP contribution in [-0.2, 0) is 14.8 Å². The average Bonchev–Trinajstić information content (AvgIpc) is 2.76. The van der Waals surface area contributed by atoms with E-state index in [1.807, 2.05) is 0 Å². The third kappa shape index (κ3) is 2.86. The van der Waals surface area contributed by atoms with Crippen molar-refractivity contribution in [3.8, 4) is 0 Å². The van der Waals surface area contributed by atoms with E-state index >= 15 is 0 Å². The molecule has 1 fully saturated rings. The first-order chi connectivity index (χ1) is 8.82. The van der Waals surface area contributed by atoms with Crippen LogP contribution in [0, 0.1) is 0 Å². The van der Waals surface area contributed by atoms with Gasteiger partial charge in [0.2, 0.25) is 10.0 Å². The van der Waals surface area contributed by atoms with E-state index in [0.717, 1.165) is 4.31 Å². The van der Waals surface area contributed by atoms with Crippen LogP contribution < -0.4 is 0 Å². The maximum absolute atomic E-state index is 12.4. The highest BCUT2D eigenvalue weighted by atomic mass is 35.5. The number of carboxylic acids is 1. The van der Waals surface area contributed by atoms with Crippen molar-refractivity contribution in [1.29, 1.82) is 0 Å². The van der Waals surface area contributed by atoms with E-state index in [1.165, 1.54) is 18.2 Å². The third-order valence-corrected chi connectivity index (χ3v) is 5.25. The average molecular weight is 324 g/mol. The van der Waals surface area contributed by atoms with Crippen molar-refractivity contribution >= 4 is 39.2 Å². The van der Waals surface area contributed by atoms with Gasteiger partial charge in [-0.15, -0.1) is 0 Å². The number of nitrogens with zero attached hydrogens (tertiary/aromatic N) is 1. The predicted octanol–water partition coefficient (Wildman–Crippen LogP) is 2.23. The fourth-order valence-electron chi connectivity index (χ4n) is 2.09. The van der Waals surface area contributed by atoms with E-state index < -0.39 is 22.0 Å². The highest BCUT2D eigenvalue weighted by Crippen LogP contribution is 2.29. The minimum Gasteiger partial charge on any atom is -0.480 e. The largest absolute Gasteiger partial charge is 0.480 e. The van der Waals surface area contributed by atoms with Crippen molar-refractivity contribution in [1.82, 2.24) is 4.31 Å². The Bertz CT molecular complexity index is 597. The Balaban J connectivity index is 2.44. The normalized spacial score (nSPS) is 20.6. The van der Waals surface area contributed by atoms with Gasteiger partial charge in [-0.1, -0.05) is 23.2 Å². The van der Waals surface area contributed by atoms with Gasteiger partial charge in [0.25, 0.3) is 0 Å². The second kappa shape index (κ2) is 5.28. The van der Waals surface area contributed by atoms with E-state index in [2.05, 4.69) is 0 Å². The van der Waals surface area contributed by atoms with Gasteiger partial charge in [0.15, 0.2) is 0 Å². The topological polar surface area (TPSA) is 74.7 Å². The Morgan fingerprint density at radius 2 is 1.84 bits per heavy atom. The molecule has 1 heterocycles. The summed E-state index contributed by atoms with van der Waals surface area (Å²) in [5.41, 5.74) is 0. The molecule has 0 bridgehead atoms. The molecule has 0 aromatic heterocycles. The molecule has 1 N–H and O–H groups in total. The number of halogens is 2. The molecule has 0 radical (unpaired) electrons. The summed E-state index contributed by atoms with van der Waals surface area (Å²) in [6.07, 6.45) is 0.827. The van der Waals surface area contributed by atoms with Gasteiger partial charge in [-0.05, 0) is 31.0 Å². The lowest BCUT2D eigenvalue weighted by Crippen LogP contribution is -2.40. The summed E-state index contributed by atoms with van der Waals surface area (Å²) in [5, 5.41) is 9.43. The Morgan fingerprint density at radius 1 is 1.26 bits per heavy atom. The molecule has 1 atom stereocenters. The first-order valence-corrected chi connectivity index (χ1v) is 7.73. The number of benzene rings is 1. The molecular formula is C11H11Cl2NO4S. The minimum atomic E-state index is -3.89. The van der Waals surface area contributed by atoms with Gasteiger partial charge in [-0.3, -0.25) is 4.79 Å². The lowest BCUT2D eigenvalue weighted by Gasteiger charge is -2.21. The number of sulfonamides is 1. The van der Waals surface area contributed by atoms with Crippen LogP contribution in [-0.4, -0.2) is 36.4 Å². The molecule has 1 saturated heterocycles. The number of hydrogen-bond acceptors (Lipinski definition) is 3. The van der Waals surface area contributed by atoms with Crippen LogP contribution in [0.1, 0.15) is 12.8 Å². The first-order valence-electron chi connectivity index (χ1n) is 5.53. The number of carboxylic acid groups (broad SMARTS) is 1. The molecule has 1 aliphatic rings. The van der Waals surface area contributed by atoms with Crippen molar-refractivity contribution in [3.63, 3.8) is 0 Å². The molecular weight excluding hydrogens is 313 g/mol. The lowest BCUT2D eigenvalue weighted by atomic mass is 10.2. The lowest BCUT2D eigenvalue weighted by molar-refractivity contribution is -0.140. The molecule has 0 aliphatic carbocycles. The van der Waals surface area contributed by atoms with E-state index in [-0.39, 0.29) is 21.5 Å². The number of rotatable bonds is 3. The SMILES string of the molecule is O=C(O)C1CCCN1S(=O)(=O)c1cc(Cl)cc(Cl)c1. The van der Waals surface area contributed by atoms with Crippen LogP contribution in [0.25, 0.3) is 0 Å². The zero-order valence-electron chi connectivity index (χ0n) is 9.71. The molecule has 0 amide bonds. The maximum atomic E-state index is 12.4. The monoisotopic (exact) mass is 323 g/mol. The van der Waals surface area contributed by atoms with Crippen LogP contribution in [0.3, 0.4) is 0 Å². The molecule has 1 aromatic carbocycles. The Morgan fingerprint density at radius 3 is 2.37 bits per heavy atom. The molecule has 1 aromatic rings. The molecule has 1 aliphatic heterocycles. The smallest absolute Gasteiger partial charge is 0.322 e. The number of carbonyl (C=O) groups is 1. The fraction of sp³-hybridized carbons (Fsp3) is 0.364. The highest BCUT2D eigenvalue weighted by molar-refractivity contribution is 7.89. The van der Waals surface area contributed by atoms with Crippen molar-refractivity contribution in [2.45, 2.75) is 23.8 Å². The zero-order chi connectivity index (χ0) is 14.2. The quantitative estimate of drug-likeness (QED) is 0.925. The molecule has 19 heavy (non-hydrogen) atoms. The fourth-order valence-corrected chi connectivity index (χ4v) is 4.47. The summed E-state index contributed by atoms with van der Waals surface area (Å²) >= 11 is 11.6. The van der Waals surface area contributed by atoms with E-state index in [9.17, 15) is 13.2 Å². The molecule has 0 saturated carbocycles. The number of aliphatic carboxylic acids is 1. The van der Waals surface area contributed by atoms with Crippen LogP contribution in [0.4, 0.5) is 0 Å². The highest BCUT2D eigenvalue weighted by Gasteiger charge is 2.39.